The summed E-state index contributed by atoms with van der Waals surface area (Å²) in [5.41, 5.74) is 5.19. The number of rotatable bonds is 7. The standard InChI is InChI=1S/C8H17F3N4O2S/c1-3-15(4-6(2)7(12)13)18(16,17)14-5-8(9,10)11/h6,14H,3-5H2,1-2H3,(H3,12,13). The minimum Gasteiger partial charge on any atom is -0.387 e. The van der Waals surface area contributed by atoms with Crippen LogP contribution >= 0.6 is 0 Å². The van der Waals surface area contributed by atoms with Crippen molar-refractivity contribution in [1.82, 2.24) is 9.03 Å². The van der Waals surface area contributed by atoms with Crippen molar-refractivity contribution < 1.29 is 21.6 Å². The molecule has 0 saturated carbocycles. The highest BCUT2D eigenvalue weighted by atomic mass is 32.2. The maximum Gasteiger partial charge on any atom is 0.402 e. The lowest BCUT2D eigenvalue weighted by atomic mass is 10.1. The zero-order valence-corrected chi connectivity index (χ0v) is 10.9. The van der Waals surface area contributed by atoms with Crippen LogP contribution in [0.25, 0.3) is 0 Å². The van der Waals surface area contributed by atoms with Crippen LogP contribution in [0.4, 0.5) is 13.2 Å². The molecule has 1 atom stereocenters. The van der Waals surface area contributed by atoms with E-state index in [1.54, 1.807) is 0 Å². The summed E-state index contributed by atoms with van der Waals surface area (Å²) in [4.78, 5) is 0. The molecule has 0 fully saturated rings. The molecule has 0 aliphatic rings. The predicted octanol–water partition coefficient (Wildman–Crippen LogP) is 0.277. The third-order valence-corrected chi connectivity index (χ3v) is 3.75. The van der Waals surface area contributed by atoms with Crippen LogP contribution in [0.1, 0.15) is 13.8 Å². The summed E-state index contributed by atoms with van der Waals surface area (Å²) in [6, 6.07) is 0. The summed E-state index contributed by atoms with van der Waals surface area (Å²) in [6.45, 7) is 1.23. The summed E-state index contributed by atoms with van der Waals surface area (Å²) >= 11 is 0. The number of hydrogen-bond donors (Lipinski definition) is 3. The molecule has 0 saturated heterocycles. The molecule has 0 spiro atoms. The van der Waals surface area contributed by atoms with Gasteiger partial charge in [0.2, 0.25) is 0 Å². The fraction of sp³-hybridized carbons (Fsp3) is 0.875. The third kappa shape index (κ3) is 6.17. The summed E-state index contributed by atoms with van der Waals surface area (Å²) in [5, 5.41) is 7.13. The molecule has 18 heavy (non-hydrogen) atoms. The fourth-order valence-electron chi connectivity index (χ4n) is 1.07. The summed E-state index contributed by atoms with van der Waals surface area (Å²) in [6.07, 6.45) is -4.61. The van der Waals surface area contributed by atoms with Crippen LogP contribution in [0.5, 0.6) is 0 Å². The lowest BCUT2D eigenvalue weighted by Crippen LogP contribution is -2.46. The molecule has 0 aromatic carbocycles. The van der Waals surface area contributed by atoms with E-state index in [4.69, 9.17) is 11.1 Å². The molecule has 4 N–H and O–H groups in total. The van der Waals surface area contributed by atoms with Gasteiger partial charge < -0.3 is 5.73 Å². The molecule has 0 aromatic rings. The van der Waals surface area contributed by atoms with E-state index in [0.29, 0.717) is 0 Å². The van der Waals surface area contributed by atoms with Crippen LogP contribution in [0, 0.1) is 11.3 Å². The Morgan fingerprint density at radius 3 is 2.33 bits per heavy atom. The van der Waals surface area contributed by atoms with E-state index in [1.807, 2.05) is 0 Å². The van der Waals surface area contributed by atoms with Gasteiger partial charge in [-0.3, -0.25) is 5.41 Å². The first-order valence-corrected chi connectivity index (χ1v) is 6.59. The van der Waals surface area contributed by atoms with E-state index in [2.05, 4.69) is 0 Å². The lowest BCUT2D eigenvalue weighted by molar-refractivity contribution is -0.121. The minimum atomic E-state index is -4.61. The first-order valence-electron chi connectivity index (χ1n) is 5.15. The van der Waals surface area contributed by atoms with Crippen molar-refractivity contribution in [3.8, 4) is 0 Å². The van der Waals surface area contributed by atoms with E-state index < -0.39 is 28.8 Å². The Balaban J connectivity index is 4.68. The number of hydrogen-bond acceptors (Lipinski definition) is 3. The Kier molecular flexibility index (Phi) is 6.04. The Hall–Kier alpha value is -0.870. The van der Waals surface area contributed by atoms with Gasteiger partial charge in [0.25, 0.3) is 10.2 Å². The number of alkyl halides is 3. The SMILES string of the molecule is CCN(CC(C)C(=N)N)S(=O)(=O)NCC(F)(F)F. The number of nitrogens with one attached hydrogen (secondary N) is 2. The van der Waals surface area contributed by atoms with E-state index in [9.17, 15) is 21.6 Å². The average Bonchev–Trinajstić information content (AvgIpc) is 2.21. The number of halogens is 3. The van der Waals surface area contributed by atoms with Gasteiger partial charge in [0.1, 0.15) is 6.54 Å². The molecule has 0 aliphatic carbocycles. The Morgan fingerprint density at radius 1 is 1.50 bits per heavy atom. The molecule has 0 aromatic heterocycles. The van der Waals surface area contributed by atoms with Crippen LogP contribution in [-0.2, 0) is 10.2 Å². The van der Waals surface area contributed by atoms with Gasteiger partial charge in [0.15, 0.2) is 0 Å². The highest BCUT2D eigenvalue weighted by Gasteiger charge is 2.32. The zero-order chi connectivity index (χ0) is 14.6. The highest BCUT2D eigenvalue weighted by Crippen LogP contribution is 2.13. The molecule has 0 rings (SSSR count). The number of amidine groups is 1. The Bertz CT molecular complexity index is 382. The van der Waals surface area contributed by atoms with Crippen LogP contribution in [-0.4, -0.2) is 44.4 Å². The van der Waals surface area contributed by atoms with E-state index in [-0.39, 0.29) is 18.9 Å². The van der Waals surface area contributed by atoms with Gasteiger partial charge >= 0.3 is 6.18 Å². The first kappa shape index (κ1) is 17.1. The summed E-state index contributed by atoms with van der Waals surface area (Å²) in [7, 11) is -4.22. The number of nitrogens with zero attached hydrogens (tertiary/aromatic N) is 1. The van der Waals surface area contributed by atoms with Crippen molar-refractivity contribution in [3.63, 3.8) is 0 Å². The molecule has 0 amide bonds. The van der Waals surface area contributed by atoms with Gasteiger partial charge in [-0.15, -0.1) is 0 Å². The van der Waals surface area contributed by atoms with E-state index in [1.165, 1.54) is 18.6 Å². The van der Waals surface area contributed by atoms with Crippen LogP contribution in [0.15, 0.2) is 0 Å². The molecule has 6 nitrogen and oxygen atoms in total. The molecule has 0 radical (unpaired) electrons. The number of nitrogens with two attached hydrogens (primary N) is 1. The molecule has 0 bridgehead atoms. The van der Waals surface area contributed by atoms with Gasteiger partial charge in [-0.1, -0.05) is 13.8 Å². The van der Waals surface area contributed by atoms with Crippen molar-refractivity contribution in [2.24, 2.45) is 11.7 Å². The molecular weight excluding hydrogens is 273 g/mol. The van der Waals surface area contributed by atoms with Crippen LogP contribution in [0.2, 0.25) is 0 Å². The minimum absolute atomic E-state index is 0.00912. The van der Waals surface area contributed by atoms with Gasteiger partial charge in [-0.2, -0.15) is 30.6 Å². The second kappa shape index (κ2) is 6.34. The van der Waals surface area contributed by atoms with Crippen LogP contribution < -0.4 is 10.5 Å². The maximum atomic E-state index is 11.9. The normalized spacial score (nSPS) is 14.8. The molecule has 10 heteroatoms. The summed E-state index contributed by atoms with van der Waals surface area (Å²) < 4.78 is 61.2. The second-order valence-electron chi connectivity index (χ2n) is 3.75. The highest BCUT2D eigenvalue weighted by molar-refractivity contribution is 7.87. The van der Waals surface area contributed by atoms with Gasteiger partial charge in [-0.25, -0.2) is 0 Å². The predicted molar refractivity (Wildman–Crippen MR) is 61.3 cm³/mol. The molecule has 0 aliphatic heterocycles. The summed E-state index contributed by atoms with van der Waals surface area (Å²) in [5.74, 6) is -0.785. The van der Waals surface area contributed by atoms with E-state index >= 15 is 0 Å². The average molecular weight is 290 g/mol. The smallest absolute Gasteiger partial charge is 0.387 e. The Labute approximate surface area is 104 Å². The molecule has 108 valence electrons. The first-order chi connectivity index (χ1) is 7.99. The van der Waals surface area contributed by atoms with Gasteiger partial charge in [-0.05, 0) is 0 Å². The zero-order valence-electron chi connectivity index (χ0n) is 10.1. The Morgan fingerprint density at radius 2 is 2.00 bits per heavy atom. The van der Waals surface area contributed by atoms with Crippen LogP contribution in [0.3, 0.4) is 0 Å². The van der Waals surface area contributed by atoms with Gasteiger partial charge in [0.05, 0.1) is 5.84 Å². The van der Waals surface area contributed by atoms with Crippen molar-refractivity contribution in [2.45, 2.75) is 20.0 Å². The van der Waals surface area contributed by atoms with Crippen molar-refractivity contribution in [3.05, 3.63) is 0 Å². The topological polar surface area (TPSA) is 99.3 Å². The maximum absolute atomic E-state index is 11.9. The van der Waals surface area contributed by atoms with Gasteiger partial charge in [0, 0.05) is 19.0 Å². The monoisotopic (exact) mass is 290 g/mol. The van der Waals surface area contributed by atoms with Crippen molar-refractivity contribution in [1.29, 1.82) is 5.41 Å². The van der Waals surface area contributed by atoms with E-state index in [0.717, 1.165) is 4.31 Å². The molecule has 0 heterocycles. The third-order valence-electron chi connectivity index (χ3n) is 2.16. The molecule has 1 unspecified atom stereocenters. The fourth-order valence-corrected chi connectivity index (χ4v) is 2.35. The quantitative estimate of drug-likeness (QED) is 0.464. The van der Waals surface area contributed by atoms with Crippen molar-refractivity contribution in [2.75, 3.05) is 19.6 Å². The second-order valence-corrected chi connectivity index (χ2v) is 5.50. The van der Waals surface area contributed by atoms with Crippen molar-refractivity contribution >= 4 is 16.0 Å². The molecular formula is C8H17F3N4O2S. The largest absolute Gasteiger partial charge is 0.402 e. The lowest BCUT2D eigenvalue weighted by Gasteiger charge is -2.23.